The second-order valence-electron chi connectivity index (χ2n) is 7.66. The molecule has 0 radical (unpaired) electrons. The van der Waals surface area contributed by atoms with Crippen molar-refractivity contribution < 1.29 is 12.4 Å². The third-order valence-electron chi connectivity index (χ3n) is 5.82. The zero-order chi connectivity index (χ0) is 20.2. The molecule has 5 aromatic carbocycles. The van der Waals surface area contributed by atoms with Gasteiger partial charge in [0.1, 0.15) is 23.2 Å². The van der Waals surface area contributed by atoms with Gasteiger partial charge in [-0.1, -0.05) is 91.0 Å². The van der Waals surface area contributed by atoms with Crippen LogP contribution >= 0.6 is 7.26 Å². The maximum Gasteiger partial charge on any atom is 0.116 e. The quantitative estimate of drug-likeness (QED) is 0.369. The van der Waals surface area contributed by atoms with Crippen LogP contribution in [0, 0.1) is 0 Å². The molecule has 0 aliphatic rings. The van der Waals surface area contributed by atoms with E-state index in [-0.39, 0.29) is 12.4 Å². The lowest BCUT2D eigenvalue weighted by Crippen LogP contribution is -3.00. The Bertz CT molecular complexity index is 1150. The first-order valence-corrected chi connectivity index (χ1v) is 12.4. The smallest absolute Gasteiger partial charge is 0.116 e. The van der Waals surface area contributed by atoms with Gasteiger partial charge >= 0.3 is 0 Å². The Morgan fingerprint density at radius 1 is 0.419 bits per heavy atom. The predicted molar refractivity (Wildman–Crippen MR) is 133 cm³/mol. The molecule has 0 aliphatic heterocycles. The molecule has 152 valence electrons. The van der Waals surface area contributed by atoms with Gasteiger partial charge in [0.25, 0.3) is 0 Å². The molecule has 0 atom stereocenters. The number of rotatable bonds is 5. The zero-order valence-electron chi connectivity index (χ0n) is 17.2. The Morgan fingerprint density at radius 2 is 0.839 bits per heavy atom. The molecule has 0 unspecified atom stereocenters. The van der Waals surface area contributed by atoms with E-state index >= 15 is 0 Å². The highest BCUT2D eigenvalue weighted by molar-refractivity contribution is 7.95. The lowest BCUT2D eigenvalue weighted by molar-refractivity contribution is -0.00000573. The summed E-state index contributed by atoms with van der Waals surface area (Å²) in [7, 11) is -1.85. The van der Waals surface area contributed by atoms with E-state index < -0.39 is 7.26 Å². The summed E-state index contributed by atoms with van der Waals surface area (Å²) in [5.74, 6) is 0. The van der Waals surface area contributed by atoms with Gasteiger partial charge in [-0.2, -0.15) is 0 Å². The third-order valence-corrected chi connectivity index (χ3v) is 10.2. The molecular formula is C29H24ClP. The fourth-order valence-electron chi connectivity index (χ4n) is 4.38. The first kappa shape index (κ1) is 21.3. The molecular weight excluding hydrogens is 415 g/mol. The molecule has 0 spiro atoms. The number of benzene rings is 5. The minimum atomic E-state index is -1.85. The van der Waals surface area contributed by atoms with Crippen LogP contribution in [0.5, 0.6) is 0 Å². The normalized spacial score (nSPS) is 11.1. The maximum atomic E-state index is 2.37. The van der Waals surface area contributed by atoms with Crippen LogP contribution in [-0.2, 0) is 6.16 Å². The fraction of sp³-hybridized carbons (Fsp3) is 0.0345. The summed E-state index contributed by atoms with van der Waals surface area (Å²) in [4.78, 5) is 0. The Hall–Kier alpha value is -2.92. The van der Waals surface area contributed by atoms with Gasteiger partial charge in [-0.3, -0.25) is 0 Å². The highest BCUT2D eigenvalue weighted by atomic mass is 35.5. The zero-order valence-corrected chi connectivity index (χ0v) is 18.9. The average Bonchev–Trinajstić information content (AvgIpc) is 2.84. The van der Waals surface area contributed by atoms with Crippen molar-refractivity contribution in [2.24, 2.45) is 0 Å². The molecule has 0 saturated carbocycles. The van der Waals surface area contributed by atoms with Crippen LogP contribution in [0.25, 0.3) is 10.8 Å². The van der Waals surface area contributed by atoms with Gasteiger partial charge in [0.15, 0.2) is 0 Å². The van der Waals surface area contributed by atoms with Crippen molar-refractivity contribution in [2.45, 2.75) is 6.16 Å². The number of hydrogen-bond donors (Lipinski definition) is 0. The van der Waals surface area contributed by atoms with Crippen molar-refractivity contribution in [3.8, 4) is 0 Å². The van der Waals surface area contributed by atoms with Gasteiger partial charge in [-0.15, -0.1) is 0 Å². The van der Waals surface area contributed by atoms with Crippen molar-refractivity contribution in [2.75, 3.05) is 0 Å². The minimum Gasteiger partial charge on any atom is -1.00 e. The summed E-state index contributed by atoms with van der Waals surface area (Å²) in [5.41, 5.74) is 1.39. The van der Waals surface area contributed by atoms with Crippen LogP contribution in [0.2, 0.25) is 0 Å². The van der Waals surface area contributed by atoms with Gasteiger partial charge in [0.2, 0.25) is 0 Å². The van der Waals surface area contributed by atoms with Crippen molar-refractivity contribution in [1.29, 1.82) is 0 Å². The highest BCUT2D eigenvalue weighted by Crippen LogP contribution is 2.58. The topological polar surface area (TPSA) is 0 Å². The molecule has 0 saturated heterocycles. The standard InChI is InChI=1S/C29H24P.ClH/c1-4-14-27(15-5-1)30(28-16-6-2-7-17-28,29-18-8-3-9-19-29)23-24-20-21-25-12-10-11-13-26(25)22-24;/h1-22H,23H2;1H/q+1;/p-1. The first-order chi connectivity index (χ1) is 14.9. The lowest BCUT2D eigenvalue weighted by Gasteiger charge is -2.28. The second kappa shape index (κ2) is 9.48. The van der Waals surface area contributed by atoms with E-state index in [2.05, 4.69) is 133 Å². The Morgan fingerprint density at radius 3 is 1.32 bits per heavy atom. The number of hydrogen-bond acceptors (Lipinski definition) is 0. The van der Waals surface area contributed by atoms with Crippen molar-refractivity contribution in [1.82, 2.24) is 0 Å². The monoisotopic (exact) mass is 438 g/mol. The van der Waals surface area contributed by atoms with E-state index in [1.54, 1.807) is 0 Å². The van der Waals surface area contributed by atoms with Gasteiger partial charge in [0.05, 0.1) is 6.16 Å². The van der Waals surface area contributed by atoms with E-state index in [0.717, 1.165) is 6.16 Å². The summed E-state index contributed by atoms with van der Waals surface area (Å²) in [6.45, 7) is 0. The molecule has 0 aliphatic carbocycles. The largest absolute Gasteiger partial charge is 1.00 e. The molecule has 5 rings (SSSR count). The molecule has 0 amide bonds. The van der Waals surface area contributed by atoms with Crippen molar-refractivity contribution in [3.05, 3.63) is 139 Å². The Labute approximate surface area is 191 Å². The van der Waals surface area contributed by atoms with Crippen LogP contribution in [0.15, 0.2) is 133 Å². The van der Waals surface area contributed by atoms with Gasteiger partial charge in [0, 0.05) is 0 Å². The van der Waals surface area contributed by atoms with Gasteiger partial charge in [-0.05, 0) is 58.8 Å². The third kappa shape index (κ3) is 4.15. The molecule has 5 aromatic rings. The second-order valence-corrected chi connectivity index (χ2v) is 11.1. The Kier molecular flexibility index (Phi) is 6.52. The molecule has 31 heavy (non-hydrogen) atoms. The summed E-state index contributed by atoms with van der Waals surface area (Å²) in [5, 5.41) is 6.88. The molecule has 0 aromatic heterocycles. The summed E-state index contributed by atoms with van der Waals surface area (Å²) < 4.78 is 0. The molecule has 0 nitrogen and oxygen atoms in total. The van der Waals surface area contributed by atoms with Crippen LogP contribution in [0.1, 0.15) is 5.56 Å². The van der Waals surface area contributed by atoms with E-state index in [0.29, 0.717) is 0 Å². The molecule has 0 bridgehead atoms. The summed E-state index contributed by atoms with van der Waals surface area (Å²) >= 11 is 0. The average molecular weight is 439 g/mol. The van der Waals surface area contributed by atoms with Crippen LogP contribution in [0.3, 0.4) is 0 Å². The van der Waals surface area contributed by atoms with Gasteiger partial charge in [-0.25, -0.2) is 0 Å². The minimum absolute atomic E-state index is 0. The van der Waals surface area contributed by atoms with E-state index in [1.165, 1.54) is 32.2 Å². The number of fused-ring (bicyclic) bond motifs is 1. The predicted octanol–water partition coefficient (Wildman–Crippen LogP) is 3.34. The summed E-state index contributed by atoms with van der Waals surface area (Å²) in [6.07, 6.45) is 1.01. The van der Waals surface area contributed by atoms with Crippen LogP contribution in [0.4, 0.5) is 0 Å². The first-order valence-electron chi connectivity index (χ1n) is 10.4. The lowest BCUT2D eigenvalue weighted by atomic mass is 10.1. The van der Waals surface area contributed by atoms with E-state index in [1.807, 2.05) is 0 Å². The summed E-state index contributed by atoms with van der Waals surface area (Å²) in [6, 6.07) is 48.9. The molecule has 2 heteroatoms. The number of halogens is 1. The molecule has 0 N–H and O–H groups in total. The van der Waals surface area contributed by atoms with E-state index in [4.69, 9.17) is 0 Å². The Balaban J connectivity index is 0.00000231. The SMILES string of the molecule is [Cl-].c1ccc([P+](Cc2ccc3ccccc3c2)(c2ccccc2)c2ccccc2)cc1. The van der Waals surface area contributed by atoms with Crippen molar-refractivity contribution >= 4 is 33.9 Å². The van der Waals surface area contributed by atoms with Crippen LogP contribution in [-0.4, -0.2) is 0 Å². The maximum absolute atomic E-state index is 2.37. The fourth-order valence-corrected chi connectivity index (χ4v) is 8.61. The highest BCUT2D eigenvalue weighted by Gasteiger charge is 2.45. The molecule has 0 fully saturated rings. The van der Waals surface area contributed by atoms with Crippen molar-refractivity contribution in [3.63, 3.8) is 0 Å². The van der Waals surface area contributed by atoms with Gasteiger partial charge < -0.3 is 12.4 Å². The van der Waals surface area contributed by atoms with Crippen LogP contribution < -0.4 is 28.3 Å². The molecule has 0 heterocycles. The van der Waals surface area contributed by atoms with E-state index in [9.17, 15) is 0 Å².